The number of nitrogens with zero attached hydrogens (tertiary/aromatic N) is 1. The maximum atomic E-state index is 5.28. The lowest BCUT2D eigenvalue weighted by molar-refractivity contribution is 0.308. The Morgan fingerprint density at radius 1 is 1.42 bits per heavy atom. The zero-order valence-corrected chi connectivity index (χ0v) is 12.3. The van der Waals surface area contributed by atoms with E-state index in [9.17, 15) is 0 Å². The van der Waals surface area contributed by atoms with E-state index in [-0.39, 0.29) is 0 Å². The maximum absolute atomic E-state index is 5.28. The fourth-order valence-corrected chi connectivity index (χ4v) is 2.60. The number of nitrogens with one attached hydrogen (secondary N) is 2. The van der Waals surface area contributed by atoms with Crippen molar-refractivity contribution in [3.63, 3.8) is 0 Å². The van der Waals surface area contributed by atoms with Crippen molar-refractivity contribution in [3.05, 3.63) is 24.2 Å². The van der Waals surface area contributed by atoms with E-state index in [4.69, 9.17) is 16.6 Å². The van der Waals surface area contributed by atoms with Gasteiger partial charge in [-0.2, -0.15) is 5.10 Å². The highest BCUT2D eigenvalue weighted by molar-refractivity contribution is 7.80. The van der Waals surface area contributed by atoms with Crippen molar-refractivity contribution in [3.8, 4) is 0 Å². The van der Waals surface area contributed by atoms with Gasteiger partial charge < -0.3 is 9.73 Å². The second-order valence-electron chi connectivity index (χ2n) is 5.13. The highest BCUT2D eigenvalue weighted by Gasteiger charge is 2.21. The van der Waals surface area contributed by atoms with Crippen LogP contribution in [0.3, 0.4) is 0 Å². The predicted molar refractivity (Wildman–Crippen MR) is 81.2 cm³/mol. The van der Waals surface area contributed by atoms with Gasteiger partial charge >= 0.3 is 0 Å². The van der Waals surface area contributed by atoms with Crippen LogP contribution in [0, 0.1) is 5.92 Å². The molecule has 1 saturated carbocycles. The van der Waals surface area contributed by atoms with Gasteiger partial charge in [0.15, 0.2) is 5.11 Å². The van der Waals surface area contributed by atoms with E-state index in [0.717, 1.165) is 11.5 Å². The van der Waals surface area contributed by atoms with Gasteiger partial charge in [0, 0.05) is 6.04 Å². The summed E-state index contributed by atoms with van der Waals surface area (Å²) in [5.41, 5.74) is 3.67. The van der Waals surface area contributed by atoms with Gasteiger partial charge in [0.05, 0.1) is 6.26 Å². The molecule has 4 nitrogen and oxygen atoms in total. The summed E-state index contributed by atoms with van der Waals surface area (Å²) < 4.78 is 5.26. The Morgan fingerprint density at radius 3 is 2.89 bits per heavy atom. The molecule has 1 aromatic heterocycles. The summed E-state index contributed by atoms with van der Waals surface area (Å²) >= 11 is 5.28. The van der Waals surface area contributed by atoms with Gasteiger partial charge in [0.2, 0.25) is 0 Å². The molecule has 1 aliphatic rings. The second kappa shape index (κ2) is 6.70. The molecular weight excluding hydrogens is 258 g/mol. The minimum absolute atomic E-state index is 0.466. The quantitative estimate of drug-likeness (QED) is 0.507. The van der Waals surface area contributed by atoms with Crippen LogP contribution in [-0.2, 0) is 0 Å². The molecule has 1 heterocycles. The third-order valence-corrected chi connectivity index (χ3v) is 3.84. The van der Waals surface area contributed by atoms with E-state index in [2.05, 4.69) is 22.8 Å². The van der Waals surface area contributed by atoms with Crippen LogP contribution in [0.4, 0.5) is 0 Å². The fraction of sp³-hybridized carbons (Fsp3) is 0.571. The minimum atomic E-state index is 0.466. The van der Waals surface area contributed by atoms with Crippen LogP contribution in [0.15, 0.2) is 27.9 Å². The molecule has 0 spiro atoms. The van der Waals surface area contributed by atoms with E-state index >= 15 is 0 Å². The van der Waals surface area contributed by atoms with Crippen LogP contribution in [0.2, 0.25) is 0 Å². The Hall–Kier alpha value is -1.36. The SMILES string of the molecule is C/C(=N/NC(=S)N[C@H]1CCCC[C@H]1C)c1ccco1. The minimum Gasteiger partial charge on any atom is -0.463 e. The molecular formula is C14H21N3OS. The van der Waals surface area contributed by atoms with Gasteiger partial charge in [-0.05, 0) is 50.0 Å². The Kier molecular flexibility index (Phi) is 4.96. The van der Waals surface area contributed by atoms with E-state index in [1.54, 1.807) is 6.26 Å². The first-order chi connectivity index (χ1) is 9.16. The number of thiocarbonyl (C=S) groups is 1. The van der Waals surface area contributed by atoms with E-state index in [1.165, 1.54) is 25.7 Å². The number of hydrogen-bond donors (Lipinski definition) is 2. The lowest BCUT2D eigenvalue weighted by Gasteiger charge is -2.30. The van der Waals surface area contributed by atoms with Crippen molar-refractivity contribution < 1.29 is 4.42 Å². The Labute approximate surface area is 119 Å². The van der Waals surface area contributed by atoms with Gasteiger partial charge in [0.25, 0.3) is 0 Å². The standard InChI is InChI=1S/C14H21N3OS/c1-10-6-3-4-7-12(10)15-14(19)17-16-11(2)13-8-5-9-18-13/h5,8-10,12H,3-4,6-7H2,1-2H3,(H2,15,17,19)/b16-11-/t10-,12+/m1/s1. The zero-order valence-electron chi connectivity index (χ0n) is 11.5. The average molecular weight is 279 g/mol. The van der Waals surface area contributed by atoms with Crippen LogP contribution < -0.4 is 10.7 Å². The molecule has 1 aliphatic carbocycles. The average Bonchev–Trinajstić information content (AvgIpc) is 2.93. The van der Waals surface area contributed by atoms with Crippen molar-refractivity contribution in [1.82, 2.24) is 10.7 Å². The molecule has 0 aromatic carbocycles. The molecule has 0 saturated heterocycles. The largest absolute Gasteiger partial charge is 0.463 e. The van der Waals surface area contributed by atoms with Crippen LogP contribution in [0.25, 0.3) is 0 Å². The van der Waals surface area contributed by atoms with Crippen molar-refractivity contribution in [2.45, 2.75) is 45.6 Å². The van der Waals surface area contributed by atoms with Crippen molar-refractivity contribution in [2.75, 3.05) is 0 Å². The lowest BCUT2D eigenvalue weighted by atomic mass is 9.86. The molecule has 1 aromatic rings. The van der Waals surface area contributed by atoms with Crippen molar-refractivity contribution in [2.24, 2.45) is 11.0 Å². The number of hydrazone groups is 1. The third-order valence-electron chi connectivity index (χ3n) is 3.63. The molecule has 2 rings (SSSR count). The highest BCUT2D eigenvalue weighted by Crippen LogP contribution is 2.23. The summed E-state index contributed by atoms with van der Waals surface area (Å²) in [6.45, 7) is 4.16. The third kappa shape index (κ3) is 4.06. The molecule has 5 heteroatoms. The molecule has 0 radical (unpaired) electrons. The molecule has 0 amide bonds. The predicted octanol–water partition coefficient (Wildman–Crippen LogP) is 3.05. The smallest absolute Gasteiger partial charge is 0.187 e. The molecule has 104 valence electrons. The van der Waals surface area contributed by atoms with Crippen molar-refractivity contribution in [1.29, 1.82) is 0 Å². The van der Waals surface area contributed by atoms with Gasteiger partial charge in [-0.25, -0.2) is 0 Å². The summed E-state index contributed by atoms with van der Waals surface area (Å²) in [6.07, 6.45) is 6.70. The molecule has 2 N–H and O–H groups in total. The number of rotatable bonds is 3. The van der Waals surface area contributed by atoms with E-state index < -0.39 is 0 Å². The first-order valence-corrected chi connectivity index (χ1v) is 7.22. The molecule has 0 aliphatic heterocycles. The lowest BCUT2D eigenvalue weighted by Crippen LogP contribution is -2.44. The van der Waals surface area contributed by atoms with Crippen LogP contribution >= 0.6 is 12.2 Å². The van der Waals surface area contributed by atoms with Crippen LogP contribution in [-0.4, -0.2) is 16.9 Å². The molecule has 0 bridgehead atoms. The van der Waals surface area contributed by atoms with Gasteiger partial charge in [-0.3, -0.25) is 5.43 Å². The zero-order chi connectivity index (χ0) is 13.7. The summed E-state index contributed by atoms with van der Waals surface area (Å²) in [4.78, 5) is 0. The first-order valence-electron chi connectivity index (χ1n) is 6.81. The monoisotopic (exact) mass is 279 g/mol. The van der Waals surface area contributed by atoms with E-state index in [0.29, 0.717) is 17.1 Å². The van der Waals surface area contributed by atoms with Gasteiger partial charge in [0.1, 0.15) is 11.5 Å². The molecule has 1 fully saturated rings. The topological polar surface area (TPSA) is 49.6 Å². The van der Waals surface area contributed by atoms with Crippen LogP contribution in [0.1, 0.15) is 45.3 Å². The Bertz CT molecular complexity index is 442. The van der Waals surface area contributed by atoms with Gasteiger partial charge in [-0.15, -0.1) is 0 Å². The van der Waals surface area contributed by atoms with Crippen molar-refractivity contribution >= 4 is 23.0 Å². The summed E-state index contributed by atoms with van der Waals surface area (Å²) in [5, 5.41) is 8.17. The number of furan rings is 1. The maximum Gasteiger partial charge on any atom is 0.187 e. The summed E-state index contributed by atoms with van der Waals surface area (Å²) in [7, 11) is 0. The highest BCUT2D eigenvalue weighted by atomic mass is 32.1. The fourth-order valence-electron chi connectivity index (χ4n) is 2.41. The first kappa shape index (κ1) is 14.1. The number of hydrogen-bond acceptors (Lipinski definition) is 3. The Morgan fingerprint density at radius 2 is 2.21 bits per heavy atom. The molecule has 19 heavy (non-hydrogen) atoms. The van der Waals surface area contributed by atoms with Gasteiger partial charge in [-0.1, -0.05) is 19.8 Å². The Balaban J connectivity index is 1.82. The summed E-state index contributed by atoms with van der Waals surface area (Å²) in [5.74, 6) is 1.42. The molecule has 2 atom stereocenters. The normalized spacial score (nSPS) is 24.0. The summed E-state index contributed by atoms with van der Waals surface area (Å²) in [6, 6.07) is 4.18. The van der Waals surface area contributed by atoms with Crippen LogP contribution in [0.5, 0.6) is 0 Å². The van der Waals surface area contributed by atoms with E-state index in [1.807, 2.05) is 19.1 Å². The second-order valence-corrected chi connectivity index (χ2v) is 5.54. The molecule has 0 unspecified atom stereocenters.